The quantitative estimate of drug-likeness (QED) is 0.213. The van der Waals surface area contributed by atoms with Crippen LogP contribution in [0.15, 0.2) is 158 Å². The lowest BCUT2D eigenvalue weighted by Gasteiger charge is -2.12. The van der Waals surface area contributed by atoms with E-state index < -0.39 is 0 Å². The fraction of sp³-hybridized carbons (Fsp3) is 0. The third kappa shape index (κ3) is 3.27. The molecule has 2 nitrogen and oxygen atoms in total. The summed E-state index contributed by atoms with van der Waals surface area (Å²) in [4.78, 5) is 0. The number of hydrogen-bond acceptors (Lipinski definition) is 0. The van der Waals surface area contributed by atoms with Crippen LogP contribution in [0.25, 0.3) is 76.9 Å². The van der Waals surface area contributed by atoms with Gasteiger partial charge in [-0.05, 0) is 59.0 Å². The Balaban J connectivity index is 1.37. The molecule has 2 heteroatoms. The van der Waals surface area contributed by atoms with Crippen molar-refractivity contribution in [2.75, 3.05) is 0 Å². The van der Waals surface area contributed by atoms with Gasteiger partial charge >= 0.3 is 0 Å². The van der Waals surface area contributed by atoms with E-state index in [9.17, 15) is 0 Å². The predicted molar refractivity (Wildman–Crippen MR) is 178 cm³/mol. The lowest BCUT2D eigenvalue weighted by Crippen LogP contribution is -1.95. The fourth-order valence-corrected chi connectivity index (χ4v) is 6.92. The lowest BCUT2D eigenvalue weighted by atomic mass is 9.98. The molecule has 0 saturated carbocycles. The van der Waals surface area contributed by atoms with Gasteiger partial charge in [-0.3, -0.25) is 0 Å². The highest BCUT2D eigenvalue weighted by Crippen LogP contribution is 2.41. The van der Waals surface area contributed by atoms with Crippen molar-refractivity contribution in [3.05, 3.63) is 158 Å². The first-order valence-corrected chi connectivity index (χ1v) is 14.5. The van der Waals surface area contributed by atoms with Gasteiger partial charge in [0.1, 0.15) is 0 Å². The van der Waals surface area contributed by atoms with E-state index in [2.05, 4.69) is 167 Å². The zero-order chi connectivity index (χ0) is 27.6. The maximum Gasteiger partial charge on any atom is 0.0547 e. The molecule has 0 amide bonds. The van der Waals surface area contributed by atoms with Gasteiger partial charge in [-0.15, -0.1) is 0 Å². The van der Waals surface area contributed by atoms with Crippen molar-refractivity contribution in [1.29, 1.82) is 0 Å². The van der Waals surface area contributed by atoms with Crippen molar-refractivity contribution in [1.82, 2.24) is 9.13 Å². The number of fused-ring (bicyclic) bond motifs is 7. The topological polar surface area (TPSA) is 9.86 Å². The van der Waals surface area contributed by atoms with Gasteiger partial charge in [0.15, 0.2) is 0 Å². The number of rotatable bonds is 3. The number of aromatic nitrogens is 2. The summed E-state index contributed by atoms with van der Waals surface area (Å²) in [5, 5.41) is 7.58. The van der Waals surface area contributed by atoms with E-state index in [1.807, 2.05) is 0 Å². The van der Waals surface area contributed by atoms with E-state index in [0.29, 0.717) is 0 Å². The van der Waals surface area contributed by atoms with Crippen LogP contribution in [0.4, 0.5) is 0 Å². The molecule has 9 aromatic rings. The molecule has 0 N–H and O–H groups in total. The number of hydrogen-bond donors (Lipinski definition) is 0. The highest BCUT2D eigenvalue weighted by atomic mass is 15.0. The molecule has 9 rings (SSSR count). The monoisotopic (exact) mass is 534 g/mol. The molecule has 0 bridgehead atoms. The summed E-state index contributed by atoms with van der Waals surface area (Å²) in [6.45, 7) is 0. The van der Waals surface area contributed by atoms with Crippen LogP contribution in [0.3, 0.4) is 0 Å². The van der Waals surface area contributed by atoms with Crippen LogP contribution in [-0.4, -0.2) is 9.13 Å². The van der Waals surface area contributed by atoms with Crippen molar-refractivity contribution in [2.24, 2.45) is 0 Å². The third-order valence-electron chi connectivity index (χ3n) is 8.70. The second kappa shape index (κ2) is 8.95. The molecule has 2 heterocycles. The number of nitrogens with zero attached hydrogens (tertiary/aromatic N) is 2. The zero-order valence-electron chi connectivity index (χ0n) is 22.9. The largest absolute Gasteiger partial charge is 0.309 e. The summed E-state index contributed by atoms with van der Waals surface area (Å²) in [5.41, 5.74) is 9.71. The molecule has 42 heavy (non-hydrogen) atoms. The summed E-state index contributed by atoms with van der Waals surface area (Å²) in [5.74, 6) is 0. The number of para-hydroxylation sites is 3. The van der Waals surface area contributed by atoms with Crippen molar-refractivity contribution < 1.29 is 0 Å². The van der Waals surface area contributed by atoms with Gasteiger partial charge in [0, 0.05) is 32.6 Å². The Morgan fingerprint density at radius 2 is 0.976 bits per heavy atom. The fourth-order valence-electron chi connectivity index (χ4n) is 6.92. The average molecular weight is 535 g/mol. The van der Waals surface area contributed by atoms with Gasteiger partial charge in [0.2, 0.25) is 0 Å². The van der Waals surface area contributed by atoms with Crippen LogP contribution in [0.5, 0.6) is 0 Å². The van der Waals surface area contributed by atoms with Crippen LogP contribution in [-0.2, 0) is 0 Å². The van der Waals surface area contributed by atoms with Gasteiger partial charge in [0.25, 0.3) is 0 Å². The van der Waals surface area contributed by atoms with Crippen molar-refractivity contribution in [2.45, 2.75) is 0 Å². The van der Waals surface area contributed by atoms with Gasteiger partial charge < -0.3 is 9.13 Å². The van der Waals surface area contributed by atoms with Crippen molar-refractivity contribution in [3.8, 4) is 22.5 Å². The standard InChI is InChI=1S/C40H26N2/c1-2-14-29(15-3-1)41-36-20-8-6-17-32(36)33-25-24-28(26-39(33)41)31-19-11-23-38-40(31)34-18-7-9-21-37(34)42(38)35-22-10-13-27-12-4-5-16-30(27)35/h1-26H. The Morgan fingerprint density at radius 1 is 0.357 bits per heavy atom. The van der Waals surface area contributed by atoms with Gasteiger partial charge in [-0.25, -0.2) is 0 Å². The Kier molecular flexibility index (Phi) is 4.93. The van der Waals surface area contributed by atoms with E-state index in [1.165, 1.54) is 76.9 Å². The third-order valence-corrected chi connectivity index (χ3v) is 8.70. The molecule has 196 valence electrons. The summed E-state index contributed by atoms with van der Waals surface area (Å²) in [6, 6.07) is 57.2. The van der Waals surface area contributed by atoms with Crippen LogP contribution >= 0.6 is 0 Å². The maximum absolute atomic E-state index is 2.44. The number of benzene rings is 7. The average Bonchev–Trinajstić information content (AvgIpc) is 3.57. The van der Waals surface area contributed by atoms with E-state index >= 15 is 0 Å². The van der Waals surface area contributed by atoms with Gasteiger partial charge in [-0.2, -0.15) is 0 Å². The van der Waals surface area contributed by atoms with E-state index in [0.717, 1.165) is 0 Å². The van der Waals surface area contributed by atoms with Crippen LogP contribution < -0.4 is 0 Å². The summed E-state index contributed by atoms with van der Waals surface area (Å²) in [7, 11) is 0. The Bertz CT molecular complexity index is 2450. The first-order chi connectivity index (χ1) is 20.9. The maximum atomic E-state index is 2.44. The summed E-state index contributed by atoms with van der Waals surface area (Å²) < 4.78 is 4.84. The van der Waals surface area contributed by atoms with E-state index in [-0.39, 0.29) is 0 Å². The molecule has 2 aromatic heterocycles. The molecular weight excluding hydrogens is 508 g/mol. The minimum absolute atomic E-state index is 1.17. The van der Waals surface area contributed by atoms with Gasteiger partial charge in [-0.1, -0.05) is 115 Å². The molecule has 7 aromatic carbocycles. The minimum atomic E-state index is 1.17. The van der Waals surface area contributed by atoms with Gasteiger partial charge in [0.05, 0.1) is 27.8 Å². The molecular formula is C40H26N2. The zero-order valence-corrected chi connectivity index (χ0v) is 22.9. The lowest BCUT2D eigenvalue weighted by molar-refractivity contribution is 1.18. The van der Waals surface area contributed by atoms with E-state index in [1.54, 1.807) is 0 Å². The highest BCUT2D eigenvalue weighted by Gasteiger charge is 2.18. The molecule has 0 saturated heterocycles. The first-order valence-electron chi connectivity index (χ1n) is 14.5. The molecule has 0 spiro atoms. The predicted octanol–water partition coefficient (Wildman–Crippen LogP) is 10.7. The molecule has 0 radical (unpaired) electrons. The SMILES string of the molecule is c1ccc(-n2c3ccccc3c3ccc(-c4cccc5c4c4ccccc4n5-c4cccc5ccccc45)cc32)cc1. The van der Waals surface area contributed by atoms with Crippen LogP contribution in [0.1, 0.15) is 0 Å². The molecule has 0 aliphatic heterocycles. The highest BCUT2D eigenvalue weighted by molar-refractivity contribution is 6.17. The molecule has 0 aliphatic rings. The smallest absolute Gasteiger partial charge is 0.0547 e. The molecule has 0 fully saturated rings. The first kappa shape index (κ1) is 23.1. The minimum Gasteiger partial charge on any atom is -0.309 e. The normalized spacial score (nSPS) is 11.8. The summed E-state index contributed by atoms with van der Waals surface area (Å²) >= 11 is 0. The van der Waals surface area contributed by atoms with Crippen molar-refractivity contribution in [3.63, 3.8) is 0 Å². The molecule has 0 unspecified atom stereocenters. The Labute approximate surface area is 243 Å². The second-order valence-electron chi connectivity index (χ2n) is 11.0. The Morgan fingerprint density at radius 3 is 1.83 bits per heavy atom. The van der Waals surface area contributed by atoms with Crippen molar-refractivity contribution >= 4 is 54.4 Å². The molecule has 0 aliphatic carbocycles. The summed E-state index contributed by atoms with van der Waals surface area (Å²) in [6.07, 6.45) is 0. The Hall–Kier alpha value is -5.60. The van der Waals surface area contributed by atoms with E-state index in [4.69, 9.17) is 0 Å². The van der Waals surface area contributed by atoms with Crippen LogP contribution in [0.2, 0.25) is 0 Å². The molecule has 0 atom stereocenters. The van der Waals surface area contributed by atoms with Crippen LogP contribution in [0, 0.1) is 0 Å². The second-order valence-corrected chi connectivity index (χ2v) is 11.0.